The van der Waals surface area contributed by atoms with Crippen LogP contribution in [0.25, 0.3) is 21.7 Å². The number of nitrogens with one attached hydrogen (secondary N) is 1. The van der Waals surface area contributed by atoms with E-state index >= 15 is 0 Å². The van der Waals surface area contributed by atoms with Gasteiger partial charge in [-0.1, -0.05) is 11.6 Å². The van der Waals surface area contributed by atoms with Crippen LogP contribution in [-0.2, 0) is 0 Å². The molecule has 0 spiro atoms. The van der Waals surface area contributed by atoms with E-state index in [1.54, 1.807) is 13.3 Å². The Morgan fingerprint density at radius 3 is 3.08 bits per heavy atom. The second-order valence-corrected chi connectivity index (χ2v) is 7.00. The van der Waals surface area contributed by atoms with Crippen LogP contribution in [0.5, 0.6) is 5.75 Å². The maximum Gasteiger partial charge on any atom is 0.298 e. The van der Waals surface area contributed by atoms with Crippen molar-refractivity contribution in [2.24, 2.45) is 0 Å². The first kappa shape index (κ1) is 15.7. The summed E-state index contributed by atoms with van der Waals surface area (Å²) in [5, 5.41) is 6.64. The minimum atomic E-state index is 0.302. The van der Waals surface area contributed by atoms with E-state index in [0.29, 0.717) is 33.9 Å². The minimum absolute atomic E-state index is 0.302. The highest BCUT2D eigenvalue weighted by atomic mass is 35.5. The number of ether oxygens (including phenoxy) is 1. The third-order valence-corrected chi connectivity index (χ3v) is 5.26. The Bertz CT molecular complexity index is 865. The number of oxazole rings is 1. The van der Waals surface area contributed by atoms with Gasteiger partial charge in [0.2, 0.25) is 0 Å². The second-order valence-electron chi connectivity index (χ2n) is 5.70. The van der Waals surface area contributed by atoms with Crippen molar-refractivity contribution in [3.05, 3.63) is 22.7 Å². The van der Waals surface area contributed by atoms with Crippen molar-refractivity contribution in [2.45, 2.75) is 13.0 Å². The lowest BCUT2D eigenvalue weighted by atomic mass is 10.2. The number of rotatable bonds is 3. The molecule has 1 N–H and O–H groups in total. The van der Waals surface area contributed by atoms with Gasteiger partial charge in [0.25, 0.3) is 6.01 Å². The monoisotopic (exact) mass is 364 g/mol. The summed E-state index contributed by atoms with van der Waals surface area (Å²) in [7, 11) is 1.59. The summed E-state index contributed by atoms with van der Waals surface area (Å²) < 4.78 is 11.6. The molecule has 24 heavy (non-hydrogen) atoms. The van der Waals surface area contributed by atoms with Gasteiger partial charge in [-0.15, -0.1) is 11.3 Å². The van der Waals surface area contributed by atoms with E-state index in [1.165, 1.54) is 11.3 Å². The fourth-order valence-corrected chi connectivity index (χ4v) is 3.90. The number of halogens is 1. The van der Waals surface area contributed by atoms with Crippen molar-refractivity contribution in [3.8, 4) is 16.3 Å². The molecule has 1 saturated heterocycles. The minimum Gasteiger partial charge on any atom is -0.493 e. The topological polar surface area (TPSA) is 63.4 Å². The molecular formula is C16H17ClN4O2S. The summed E-state index contributed by atoms with van der Waals surface area (Å²) in [5.74, 6) is 0.532. The number of anilines is 1. The Hall–Kier alpha value is -1.83. The maximum atomic E-state index is 6.40. The number of benzene rings is 1. The van der Waals surface area contributed by atoms with Crippen LogP contribution in [0.15, 0.2) is 22.1 Å². The van der Waals surface area contributed by atoms with Crippen molar-refractivity contribution in [1.82, 2.24) is 15.3 Å². The molecule has 1 unspecified atom stereocenters. The number of fused-ring (bicyclic) bond motifs is 1. The lowest BCUT2D eigenvalue weighted by Crippen LogP contribution is -2.50. The maximum absolute atomic E-state index is 6.40. The van der Waals surface area contributed by atoms with Gasteiger partial charge in [0.1, 0.15) is 5.01 Å². The van der Waals surface area contributed by atoms with Gasteiger partial charge in [-0.2, -0.15) is 4.98 Å². The zero-order chi connectivity index (χ0) is 16.7. The van der Waals surface area contributed by atoms with Gasteiger partial charge in [-0.05, 0) is 13.0 Å². The predicted molar refractivity (Wildman–Crippen MR) is 96.4 cm³/mol. The molecule has 1 aliphatic heterocycles. The third kappa shape index (κ3) is 2.53. The highest BCUT2D eigenvalue weighted by Crippen LogP contribution is 2.42. The zero-order valence-corrected chi connectivity index (χ0v) is 14.9. The molecular weight excluding hydrogens is 348 g/mol. The molecule has 0 amide bonds. The number of piperazine rings is 1. The molecule has 8 heteroatoms. The van der Waals surface area contributed by atoms with E-state index in [0.717, 1.165) is 30.2 Å². The lowest BCUT2D eigenvalue weighted by Gasteiger charge is -2.32. The number of methoxy groups -OCH3 is 1. The van der Waals surface area contributed by atoms with Crippen LogP contribution < -0.4 is 15.0 Å². The van der Waals surface area contributed by atoms with Gasteiger partial charge in [-0.25, -0.2) is 4.98 Å². The summed E-state index contributed by atoms with van der Waals surface area (Å²) in [6, 6.07) is 2.73. The van der Waals surface area contributed by atoms with Crippen LogP contribution in [0.3, 0.4) is 0 Å². The Morgan fingerprint density at radius 2 is 2.38 bits per heavy atom. The van der Waals surface area contributed by atoms with E-state index in [1.807, 2.05) is 11.4 Å². The standard InChI is InChI=1S/C16H17ClN4O2S/c1-9-8-18-3-5-21(9)16-20-12-13(23-16)10(15-19-4-6-24-15)7-11(17)14(12)22-2/h4,6-7,9,18H,3,5,8H2,1-2H3. The van der Waals surface area contributed by atoms with Crippen molar-refractivity contribution in [2.75, 3.05) is 31.6 Å². The Morgan fingerprint density at radius 1 is 1.50 bits per heavy atom. The lowest BCUT2D eigenvalue weighted by molar-refractivity contribution is 0.419. The fourth-order valence-electron chi connectivity index (χ4n) is 2.97. The molecule has 3 heterocycles. The van der Waals surface area contributed by atoms with E-state index in [-0.39, 0.29) is 0 Å². The molecule has 0 aliphatic carbocycles. The SMILES string of the molecule is COc1c(Cl)cc(-c2nccs2)c2oc(N3CCNCC3C)nc12. The smallest absolute Gasteiger partial charge is 0.298 e. The molecule has 1 fully saturated rings. The third-order valence-electron chi connectivity index (χ3n) is 4.18. The molecule has 3 aromatic rings. The van der Waals surface area contributed by atoms with Crippen LogP contribution in [-0.4, -0.2) is 42.8 Å². The van der Waals surface area contributed by atoms with Crippen LogP contribution in [0.2, 0.25) is 5.02 Å². The van der Waals surface area contributed by atoms with Crippen molar-refractivity contribution < 1.29 is 9.15 Å². The average Bonchev–Trinajstić information content (AvgIpc) is 3.24. The molecule has 4 rings (SSSR count). The van der Waals surface area contributed by atoms with Crippen LogP contribution in [0, 0.1) is 0 Å². The van der Waals surface area contributed by atoms with Gasteiger partial charge in [0.15, 0.2) is 16.8 Å². The molecule has 1 atom stereocenters. The van der Waals surface area contributed by atoms with Gasteiger partial charge < -0.3 is 19.4 Å². The summed E-state index contributed by atoms with van der Waals surface area (Å²) >= 11 is 7.93. The van der Waals surface area contributed by atoms with E-state index in [2.05, 4.69) is 27.1 Å². The van der Waals surface area contributed by atoms with Crippen molar-refractivity contribution >= 4 is 40.1 Å². The largest absolute Gasteiger partial charge is 0.493 e. The number of aromatic nitrogens is 2. The Labute approximate surface area is 148 Å². The molecule has 0 saturated carbocycles. The van der Waals surface area contributed by atoms with Gasteiger partial charge in [0, 0.05) is 37.3 Å². The van der Waals surface area contributed by atoms with Gasteiger partial charge in [-0.3, -0.25) is 0 Å². The number of nitrogens with zero attached hydrogens (tertiary/aromatic N) is 3. The second kappa shape index (κ2) is 6.23. The molecule has 126 valence electrons. The van der Waals surface area contributed by atoms with Crippen LogP contribution in [0.4, 0.5) is 6.01 Å². The van der Waals surface area contributed by atoms with Gasteiger partial charge in [0.05, 0.1) is 17.7 Å². The van der Waals surface area contributed by atoms with E-state index < -0.39 is 0 Å². The first-order valence-electron chi connectivity index (χ1n) is 7.73. The number of hydrogen-bond acceptors (Lipinski definition) is 7. The molecule has 0 bridgehead atoms. The first-order valence-corrected chi connectivity index (χ1v) is 8.99. The summed E-state index contributed by atoms with van der Waals surface area (Å²) in [5.41, 5.74) is 2.13. The molecule has 2 aromatic heterocycles. The number of thiazole rings is 1. The van der Waals surface area contributed by atoms with Gasteiger partial charge >= 0.3 is 0 Å². The van der Waals surface area contributed by atoms with E-state index in [4.69, 9.17) is 20.8 Å². The molecule has 6 nitrogen and oxygen atoms in total. The van der Waals surface area contributed by atoms with Crippen LogP contribution in [0.1, 0.15) is 6.92 Å². The van der Waals surface area contributed by atoms with Crippen molar-refractivity contribution in [1.29, 1.82) is 0 Å². The Kier molecular flexibility index (Phi) is 4.07. The first-order chi connectivity index (χ1) is 11.7. The highest BCUT2D eigenvalue weighted by molar-refractivity contribution is 7.13. The zero-order valence-electron chi connectivity index (χ0n) is 13.4. The quantitative estimate of drug-likeness (QED) is 0.768. The normalized spacial score (nSPS) is 18.3. The summed E-state index contributed by atoms with van der Waals surface area (Å²) in [6.45, 7) is 4.79. The molecule has 1 aromatic carbocycles. The fraction of sp³-hybridized carbons (Fsp3) is 0.375. The van der Waals surface area contributed by atoms with Crippen molar-refractivity contribution in [3.63, 3.8) is 0 Å². The molecule has 0 radical (unpaired) electrons. The summed E-state index contributed by atoms with van der Waals surface area (Å²) in [6.07, 6.45) is 1.76. The summed E-state index contributed by atoms with van der Waals surface area (Å²) in [4.78, 5) is 11.2. The highest BCUT2D eigenvalue weighted by Gasteiger charge is 2.26. The van der Waals surface area contributed by atoms with Crippen LogP contribution >= 0.6 is 22.9 Å². The molecule has 1 aliphatic rings. The predicted octanol–water partition coefficient (Wildman–Crippen LogP) is 3.41. The average molecular weight is 365 g/mol. The Balaban J connectivity index is 1.91. The number of hydrogen-bond donors (Lipinski definition) is 1. The van der Waals surface area contributed by atoms with E-state index in [9.17, 15) is 0 Å².